The highest BCUT2D eigenvalue weighted by Crippen LogP contribution is 2.45. The summed E-state index contributed by atoms with van der Waals surface area (Å²) in [5.41, 5.74) is 6.68. The average molecular weight is 536 g/mol. The average Bonchev–Trinajstić information content (AvgIpc) is 3.53. The minimum absolute atomic E-state index is 0.0498. The molecule has 8 nitrogen and oxygen atoms in total. The van der Waals surface area contributed by atoms with Crippen LogP contribution in [-0.4, -0.2) is 27.8 Å². The summed E-state index contributed by atoms with van der Waals surface area (Å²) in [4.78, 5) is 26.5. The summed E-state index contributed by atoms with van der Waals surface area (Å²) in [6.07, 6.45) is -1.20. The molecule has 4 heterocycles. The second-order valence-electron chi connectivity index (χ2n) is 10.7. The third kappa shape index (κ3) is 4.74. The zero-order valence-electron chi connectivity index (χ0n) is 20.6. The van der Waals surface area contributed by atoms with Gasteiger partial charge in [0.05, 0.1) is 17.9 Å². The molecule has 0 bridgehead atoms. The Morgan fingerprint density at radius 1 is 1.30 bits per heavy atom. The number of carbonyl (C=O) groups excluding carboxylic acids is 2. The number of halogens is 3. The second-order valence-corrected chi connectivity index (χ2v) is 11.8. The zero-order chi connectivity index (χ0) is 26.7. The van der Waals surface area contributed by atoms with Gasteiger partial charge in [0.1, 0.15) is 16.6 Å². The fourth-order valence-corrected chi connectivity index (χ4v) is 6.53. The van der Waals surface area contributed by atoms with Crippen LogP contribution in [0.1, 0.15) is 82.7 Å². The van der Waals surface area contributed by atoms with E-state index >= 15 is 0 Å². The number of hydrogen-bond donors (Lipinski definition) is 3. The number of rotatable bonds is 4. The SMILES string of the molecule is CC(C)(C)[C@H]1CCc2c(sc(NC(=O)c3cc4n(n3)[C@@H](C(F)(F)F)C[C@H](c3ccco3)N4)c2C(N)=O)C1. The molecule has 2 amide bonds. The third-order valence-corrected chi connectivity index (χ3v) is 8.44. The van der Waals surface area contributed by atoms with Crippen LogP contribution in [0, 0.1) is 11.3 Å². The van der Waals surface area contributed by atoms with Crippen LogP contribution >= 0.6 is 11.3 Å². The van der Waals surface area contributed by atoms with Crippen LogP contribution in [-0.2, 0) is 12.8 Å². The van der Waals surface area contributed by atoms with Gasteiger partial charge in [-0.15, -0.1) is 11.3 Å². The summed E-state index contributed by atoms with van der Waals surface area (Å²) in [6.45, 7) is 6.52. The van der Waals surface area contributed by atoms with Crippen molar-refractivity contribution in [2.45, 2.75) is 64.7 Å². The van der Waals surface area contributed by atoms with Gasteiger partial charge in [0, 0.05) is 17.4 Å². The van der Waals surface area contributed by atoms with Gasteiger partial charge in [-0.3, -0.25) is 9.59 Å². The molecule has 5 rings (SSSR count). The molecule has 4 N–H and O–H groups in total. The standard InChI is InChI=1S/C25H28F3N5O3S/c1-24(2,3)12-6-7-13-17(9-12)37-23(20(13)21(29)34)31-22(35)15-11-19-30-14(16-5-4-8-36-16)10-18(25(26,27)28)33(19)32-15/h4-5,8,11-12,14,18,30H,6-7,9-10H2,1-3H3,(H2,29,34)(H,31,35)/t12-,14+,18+/m0/s1. The summed E-state index contributed by atoms with van der Waals surface area (Å²) < 4.78 is 47.8. The van der Waals surface area contributed by atoms with Crippen LogP contribution < -0.4 is 16.4 Å². The van der Waals surface area contributed by atoms with Crippen molar-refractivity contribution in [1.29, 1.82) is 0 Å². The van der Waals surface area contributed by atoms with E-state index in [-0.39, 0.29) is 28.9 Å². The number of nitrogens with zero attached hydrogens (tertiary/aromatic N) is 2. The monoisotopic (exact) mass is 535 g/mol. The predicted molar refractivity (Wildman–Crippen MR) is 133 cm³/mol. The molecule has 0 saturated heterocycles. The number of fused-ring (bicyclic) bond motifs is 2. The number of carbonyl (C=O) groups is 2. The van der Waals surface area contributed by atoms with E-state index in [0.29, 0.717) is 23.1 Å². The molecular weight excluding hydrogens is 507 g/mol. The van der Waals surface area contributed by atoms with Crippen LogP contribution in [0.5, 0.6) is 0 Å². The van der Waals surface area contributed by atoms with E-state index in [1.54, 1.807) is 12.1 Å². The molecule has 0 spiro atoms. The van der Waals surface area contributed by atoms with Gasteiger partial charge < -0.3 is 20.8 Å². The van der Waals surface area contributed by atoms with E-state index in [1.165, 1.54) is 23.7 Å². The number of amides is 2. The Kier molecular flexibility index (Phi) is 6.12. The maximum Gasteiger partial charge on any atom is 0.410 e. The van der Waals surface area contributed by atoms with Crippen molar-refractivity contribution in [2.75, 3.05) is 10.6 Å². The smallest absolute Gasteiger partial charge is 0.410 e. The maximum atomic E-state index is 13.9. The molecule has 1 aliphatic carbocycles. The molecule has 0 unspecified atom stereocenters. The molecule has 198 valence electrons. The fraction of sp³-hybridized carbons (Fsp3) is 0.480. The first-order chi connectivity index (χ1) is 17.3. The Balaban J connectivity index is 1.44. The van der Waals surface area contributed by atoms with Crippen molar-refractivity contribution in [1.82, 2.24) is 9.78 Å². The normalized spacial score (nSPS) is 21.6. The number of aromatic nitrogens is 2. The van der Waals surface area contributed by atoms with Gasteiger partial charge in [-0.2, -0.15) is 18.3 Å². The Morgan fingerprint density at radius 3 is 2.68 bits per heavy atom. The molecule has 0 saturated carbocycles. The van der Waals surface area contributed by atoms with Crippen molar-refractivity contribution >= 4 is 34.0 Å². The molecule has 0 fully saturated rings. The summed E-state index contributed by atoms with van der Waals surface area (Å²) in [7, 11) is 0. The maximum absolute atomic E-state index is 13.9. The second kappa shape index (κ2) is 8.93. The number of thiophene rings is 1. The number of hydrogen-bond acceptors (Lipinski definition) is 6. The zero-order valence-corrected chi connectivity index (χ0v) is 21.4. The van der Waals surface area contributed by atoms with E-state index in [9.17, 15) is 22.8 Å². The summed E-state index contributed by atoms with van der Waals surface area (Å²) in [5.74, 6) is -0.542. The number of alkyl halides is 3. The molecule has 0 radical (unpaired) electrons. The Labute approximate surface area is 215 Å². The molecule has 1 aliphatic heterocycles. The number of primary amides is 1. The lowest BCUT2D eigenvalue weighted by molar-refractivity contribution is -0.174. The van der Waals surface area contributed by atoms with Gasteiger partial charge in [0.2, 0.25) is 0 Å². The summed E-state index contributed by atoms with van der Waals surface area (Å²) in [5, 5.41) is 9.97. The van der Waals surface area contributed by atoms with Crippen LogP contribution in [0.4, 0.5) is 24.0 Å². The minimum atomic E-state index is -4.59. The molecule has 12 heteroatoms. The largest absolute Gasteiger partial charge is 0.467 e. The Morgan fingerprint density at radius 2 is 2.05 bits per heavy atom. The highest BCUT2D eigenvalue weighted by atomic mass is 32.1. The van der Waals surface area contributed by atoms with E-state index in [1.807, 2.05) is 0 Å². The van der Waals surface area contributed by atoms with Crippen LogP contribution in [0.2, 0.25) is 0 Å². The van der Waals surface area contributed by atoms with Gasteiger partial charge >= 0.3 is 6.18 Å². The quantitative estimate of drug-likeness (QED) is 0.396. The van der Waals surface area contributed by atoms with Crippen molar-refractivity contribution in [3.63, 3.8) is 0 Å². The molecule has 0 aromatic carbocycles. The minimum Gasteiger partial charge on any atom is -0.467 e. The first-order valence-corrected chi connectivity index (χ1v) is 12.9. The van der Waals surface area contributed by atoms with E-state index < -0.39 is 30.1 Å². The molecular formula is C25H28F3N5O3S. The fourth-order valence-electron chi connectivity index (χ4n) is 5.20. The van der Waals surface area contributed by atoms with E-state index in [2.05, 4.69) is 36.5 Å². The van der Waals surface area contributed by atoms with E-state index in [4.69, 9.17) is 10.2 Å². The highest BCUT2D eigenvalue weighted by molar-refractivity contribution is 7.17. The number of furan rings is 1. The first kappa shape index (κ1) is 25.4. The molecule has 3 atom stereocenters. The van der Waals surface area contributed by atoms with Crippen LogP contribution in [0.15, 0.2) is 28.9 Å². The topological polar surface area (TPSA) is 115 Å². The lowest BCUT2D eigenvalue weighted by Crippen LogP contribution is -2.35. The van der Waals surface area contributed by atoms with Crippen molar-refractivity contribution in [2.24, 2.45) is 17.1 Å². The first-order valence-electron chi connectivity index (χ1n) is 12.0. The van der Waals surface area contributed by atoms with Crippen LogP contribution in [0.25, 0.3) is 0 Å². The summed E-state index contributed by atoms with van der Waals surface area (Å²) >= 11 is 1.30. The molecule has 3 aromatic heterocycles. The molecule has 3 aromatic rings. The predicted octanol–water partition coefficient (Wildman–Crippen LogP) is 5.70. The van der Waals surface area contributed by atoms with Crippen molar-refractivity contribution < 1.29 is 27.2 Å². The summed E-state index contributed by atoms with van der Waals surface area (Å²) in [6, 6.07) is 1.80. The lowest BCUT2D eigenvalue weighted by atomic mass is 9.72. The molecule has 37 heavy (non-hydrogen) atoms. The highest BCUT2D eigenvalue weighted by Gasteiger charge is 2.47. The van der Waals surface area contributed by atoms with Gasteiger partial charge in [-0.25, -0.2) is 4.68 Å². The third-order valence-electron chi connectivity index (χ3n) is 7.27. The van der Waals surface area contributed by atoms with Gasteiger partial charge in [0.15, 0.2) is 11.7 Å². The number of nitrogens with two attached hydrogens (primary N) is 1. The Bertz CT molecular complexity index is 1340. The van der Waals surface area contributed by atoms with Crippen molar-refractivity contribution in [3.8, 4) is 0 Å². The van der Waals surface area contributed by atoms with Gasteiger partial charge in [-0.1, -0.05) is 20.8 Å². The Hall–Kier alpha value is -3.28. The lowest BCUT2D eigenvalue weighted by Gasteiger charge is -2.33. The molecule has 2 aliphatic rings. The van der Waals surface area contributed by atoms with Crippen LogP contribution in [0.3, 0.4) is 0 Å². The van der Waals surface area contributed by atoms with E-state index in [0.717, 1.165) is 28.0 Å². The van der Waals surface area contributed by atoms with Gasteiger partial charge in [-0.05, 0) is 48.3 Å². The number of nitrogens with one attached hydrogen (secondary N) is 2. The van der Waals surface area contributed by atoms with Gasteiger partial charge in [0.25, 0.3) is 11.8 Å². The van der Waals surface area contributed by atoms with Crippen molar-refractivity contribution in [3.05, 3.63) is 51.9 Å². The number of anilines is 2.